The van der Waals surface area contributed by atoms with Crippen molar-refractivity contribution in [2.45, 2.75) is 38.5 Å². The smallest absolute Gasteiger partial charge is 0.165 e. The molecule has 1 nitrogen and oxygen atoms in total. The molecule has 82 valence electrons. The third kappa shape index (κ3) is 1.14. The van der Waals surface area contributed by atoms with Crippen LogP contribution in [0.4, 0.5) is 0 Å². The number of carbonyl (C=O) groups excluding carboxylic acids is 1. The lowest BCUT2D eigenvalue weighted by atomic mass is 9.76. The van der Waals surface area contributed by atoms with Crippen LogP contribution in [-0.4, -0.2) is 5.78 Å². The Labute approximate surface area is 96.2 Å². The van der Waals surface area contributed by atoms with E-state index in [-0.39, 0.29) is 5.92 Å². The number of ketones is 1. The molecular formula is C15H16O. The van der Waals surface area contributed by atoms with E-state index < -0.39 is 0 Å². The number of rotatable bonds is 0. The van der Waals surface area contributed by atoms with Crippen LogP contribution < -0.4 is 0 Å². The number of fused-ring (bicyclic) bond motifs is 2. The fourth-order valence-corrected chi connectivity index (χ4v) is 3.23. The van der Waals surface area contributed by atoms with E-state index >= 15 is 0 Å². The van der Waals surface area contributed by atoms with E-state index in [1.54, 1.807) is 0 Å². The Balaban J connectivity index is 2.29. The predicted octanol–water partition coefficient (Wildman–Crippen LogP) is 3.57. The topological polar surface area (TPSA) is 17.1 Å². The van der Waals surface area contributed by atoms with Crippen LogP contribution in [0, 0.1) is 0 Å². The number of carbonyl (C=O) groups is 1. The van der Waals surface area contributed by atoms with Crippen molar-refractivity contribution in [3.63, 3.8) is 0 Å². The second kappa shape index (κ2) is 3.31. The Bertz CT molecular complexity index is 496. The van der Waals surface area contributed by atoms with Gasteiger partial charge in [-0.2, -0.15) is 0 Å². The maximum absolute atomic E-state index is 12.3. The van der Waals surface area contributed by atoms with Gasteiger partial charge in [0.1, 0.15) is 0 Å². The molecule has 1 aromatic carbocycles. The lowest BCUT2D eigenvalue weighted by molar-refractivity contribution is -0.117. The molecule has 0 aliphatic heterocycles. The van der Waals surface area contributed by atoms with E-state index in [2.05, 4.69) is 31.2 Å². The molecule has 3 aliphatic rings. The maximum Gasteiger partial charge on any atom is 0.165 e. The Hall–Kier alpha value is -1.37. The molecule has 0 heterocycles. The van der Waals surface area contributed by atoms with Crippen LogP contribution >= 0.6 is 0 Å². The Kier molecular flexibility index (Phi) is 2.03. The van der Waals surface area contributed by atoms with Crippen molar-refractivity contribution < 1.29 is 4.79 Å². The number of benzene rings is 1. The predicted molar refractivity (Wildman–Crippen MR) is 64.5 cm³/mol. The van der Waals surface area contributed by atoms with Crippen LogP contribution in [0.5, 0.6) is 0 Å². The first kappa shape index (κ1) is 9.83. The Morgan fingerprint density at radius 3 is 2.25 bits per heavy atom. The molecule has 0 spiro atoms. The zero-order valence-electron chi connectivity index (χ0n) is 9.79. The molecule has 1 heteroatoms. The van der Waals surface area contributed by atoms with E-state index in [0.717, 1.165) is 18.4 Å². The zero-order chi connectivity index (χ0) is 11.3. The summed E-state index contributed by atoms with van der Waals surface area (Å²) in [6.07, 6.45) is 2.16. The molecule has 1 aromatic rings. The summed E-state index contributed by atoms with van der Waals surface area (Å²) >= 11 is 0. The Morgan fingerprint density at radius 1 is 1.00 bits per heavy atom. The van der Waals surface area contributed by atoms with Gasteiger partial charge in [-0.15, -0.1) is 0 Å². The average molecular weight is 212 g/mol. The molecule has 16 heavy (non-hydrogen) atoms. The van der Waals surface area contributed by atoms with Crippen molar-refractivity contribution in [1.29, 1.82) is 0 Å². The van der Waals surface area contributed by atoms with Gasteiger partial charge in [0.2, 0.25) is 0 Å². The van der Waals surface area contributed by atoms with Crippen LogP contribution in [0.3, 0.4) is 0 Å². The quantitative estimate of drug-likeness (QED) is 0.642. The summed E-state index contributed by atoms with van der Waals surface area (Å²) < 4.78 is 0. The van der Waals surface area contributed by atoms with Crippen molar-refractivity contribution in [1.82, 2.24) is 0 Å². The molecule has 0 N–H and O–H groups in total. The summed E-state index contributed by atoms with van der Waals surface area (Å²) in [4.78, 5) is 12.3. The maximum atomic E-state index is 12.3. The molecule has 0 aromatic heterocycles. The van der Waals surface area contributed by atoms with E-state index in [4.69, 9.17) is 0 Å². The van der Waals surface area contributed by atoms with E-state index in [9.17, 15) is 4.79 Å². The van der Waals surface area contributed by atoms with Gasteiger partial charge < -0.3 is 0 Å². The highest BCUT2D eigenvalue weighted by Gasteiger charge is 2.37. The first-order valence-corrected chi connectivity index (χ1v) is 6.00. The first-order chi connectivity index (χ1) is 7.70. The summed E-state index contributed by atoms with van der Waals surface area (Å²) in [5.74, 6) is 0.966. The van der Waals surface area contributed by atoms with E-state index in [0.29, 0.717) is 11.7 Å². The average Bonchev–Trinajstić information content (AvgIpc) is 2.48. The lowest BCUT2D eigenvalue weighted by Gasteiger charge is -2.27. The number of allylic oxidation sites excluding steroid dienone is 2. The molecule has 2 atom stereocenters. The Morgan fingerprint density at radius 2 is 1.56 bits per heavy atom. The normalized spacial score (nSPS) is 28.0. The molecule has 0 amide bonds. The number of Topliss-reactive ketones (excluding diaryl/α,β-unsaturated/α-hetero) is 1. The van der Waals surface area contributed by atoms with Crippen molar-refractivity contribution in [3.05, 3.63) is 46.5 Å². The lowest BCUT2D eigenvalue weighted by Crippen LogP contribution is -2.16. The van der Waals surface area contributed by atoms with Gasteiger partial charge in [-0.1, -0.05) is 29.8 Å². The SMILES string of the molecule is CC1=C(C)C2CCC(C1=O)c1ccccc12. The van der Waals surface area contributed by atoms with Crippen molar-refractivity contribution in [3.8, 4) is 0 Å². The third-order valence-electron chi connectivity index (χ3n) is 4.29. The molecule has 0 saturated heterocycles. The third-order valence-corrected chi connectivity index (χ3v) is 4.29. The van der Waals surface area contributed by atoms with Gasteiger partial charge in [0.25, 0.3) is 0 Å². The van der Waals surface area contributed by atoms with Crippen LogP contribution in [0.15, 0.2) is 35.4 Å². The molecule has 4 rings (SSSR count). The minimum absolute atomic E-state index is 0.130. The minimum atomic E-state index is 0.130. The summed E-state index contributed by atoms with van der Waals surface area (Å²) in [6, 6.07) is 8.47. The highest BCUT2D eigenvalue weighted by molar-refractivity contribution is 6.02. The van der Waals surface area contributed by atoms with E-state index in [1.165, 1.54) is 16.7 Å². The summed E-state index contributed by atoms with van der Waals surface area (Å²) in [6.45, 7) is 4.12. The van der Waals surface area contributed by atoms with Gasteiger partial charge in [0.15, 0.2) is 5.78 Å². The second-order valence-electron chi connectivity index (χ2n) is 4.98. The first-order valence-electron chi connectivity index (χ1n) is 6.00. The fraction of sp³-hybridized carbons (Fsp3) is 0.400. The van der Waals surface area contributed by atoms with Gasteiger partial charge in [-0.05, 0) is 43.4 Å². The van der Waals surface area contributed by atoms with Crippen LogP contribution in [0.1, 0.15) is 49.7 Å². The minimum Gasteiger partial charge on any atom is -0.294 e. The molecule has 2 bridgehead atoms. The van der Waals surface area contributed by atoms with Crippen LogP contribution in [0.2, 0.25) is 0 Å². The van der Waals surface area contributed by atoms with Gasteiger partial charge >= 0.3 is 0 Å². The van der Waals surface area contributed by atoms with Crippen LogP contribution in [0.25, 0.3) is 0 Å². The molecule has 0 fully saturated rings. The summed E-state index contributed by atoms with van der Waals surface area (Å²) in [5, 5.41) is 0. The number of hydrogen-bond donors (Lipinski definition) is 0. The zero-order valence-corrected chi connectivity index (χ0v) is 9.79. The van der Waals surface area contributed by atoms with E-state index in [1.807, 2.05) is 6.92 Å². The van der Waals surface area contributed by atoms with Crippen molar-refractivity contribution in [2.24, 2.45) is 0 Å². The standard InChI is InChI=1S/C15H16O/c1-9-10(2)15(16)14-8-7-11(9)12-5-3-4-6-13(12)14/h3-6,11,14H,7-8H2,1-2H3. The molecule has 2 unspecified atom stereocenters. The van der Waals surface area contributed by atoms with Gasteiger partial charge in [0, 0.05) is 11.8 Å². The highest BCUT2D eigenvalue weighted by Crippen LogP contribution is 2.47. The van der Waals surface area contributed by atoms with Crippen molar-refractivity contribution >= 4 is 5.78 Å². The fourth-order valence-electron chi connectivity index (χ4n) is 3.23. The van der Waals surface area contributed by atoms with Gasteiger partial charge in [-0.3, -0.25) is 4.79 Å². The molecular weight excluding hydrogens is 196 g/mol. The van der Waals surface area contributed by atoms with Gasteiger partial charge in [-0.25, -0.2) is 0 Å². The monoisotopic (exact) mass is 212 g/mol. The van der Waals surface area contributed by atoms with Gasteiger partial charge in [0.05, 0.1) is 0 Å². The molecule has 0 saturated carbocycles. The second-order valence-corrected chi connectivity index (χ2v) is 4.98. The molecule has 3 aliphatic carbocycles. The summed E-state index contributed by atoms with van der Waals surface area (Å²) in [5.41, 5.74) is 4.96. The summed E-state index contributed by atoms with van der Waals surface area (Å²) in [7, 11) is 0. The highest BCUT2D eigenvalue weighted by atomic mass is 16.1. The molecule has 0 radical (unpaired) electrons. The van der Waals surface area contributed by atoms with Crippen LogP contribution in [-0.2, 0) is 4.79 Å². The largest absolute Gasteiger partial charge is 0.294 e. The van der Waals surface area contributed by atoms with Crippen molar-refractivity contribution in [2.75, 3.05) is 0 Å². The number of hydrogen-bond acceptors (Lipinski definition) is 1.